The van der Waals surface area contributed by atoms with Crippen molar-refractivity contribution in [1.29, 1.82) is 5.26 Å². The van der Waals surface area contributed by atoms with Gasteiger partial charge in [0, 0.05) is 19.6 Å². The molecule has 0 saturated carbocycles. The first kappa shape index (κ1) is 14.5. The third kappa shape index (κ3) is 3.00. The number of nitrogens with zero attached hydrogens (tertiary/aromatic N) is 5. The first-order valence-electron chi connectivity index (χ1n) is 5.59. The van der Waals surface area contributed by atoms with Gasteiger partial charge in [0.15, 0.2) is 0 Å². The van der Waals surface area contributed by atoms with Crippen molar-refractivity contribution in [3.8, 4) is 6.07 Å². The predicted molar refractivity (Wildman–Crippen MR) is 62.6 cm³/mol. The van der Waals surface area contributed by atoms with E-state index in [1.54, 1.807) is 6.08 Å². The number of hydrogen-bond donors (Lipinski definition) is 0. The monoisotopic (exact) mass is 268 g/mol. The van der Waals surface area contributed by atoms with Gasteiger partial charge in [-0.15, -0.1) is 16.8 Å². The van der Waals surface area contributed by atoms with Gasteiger partial charge in [0.2, 0.25) is 5.95 Å². The van der Waals surface area contributed by atoms with Gasteiger partial charge in [-0.3, -0.25) is 4.57 Å². The average molecular weight is 269 g/mol. The summed E-state index contributed by atoms with van der Waals surface area (Å²) in [4.78, 5) is 2.13. The summed E-state index contributed by atoms with van der Waals surface area (Å²) >= 11 is 0. The molecule has 2 heterocycles. The maximum atomic E-state index is 8.74. The first-order chi connectivity index (χ1) is 8.36. The van der Waals surface area contributed by atoms with E-state index in [-0.39, 0.29) is 18.8 Å². The molecule has 0 atom stereocenters. The summed E-state index contributed by atoms with van der Waals surface area (Å²) in [5, 5.41) is 17.0. The Morgan fingerprint density at radius 3 is 2.72 bits per heavy atom. The van der Waals surface area contributed by atoms with E-state index in [2.05, 4.69) is 27.7 Å². The molecule has 1 aliphatic heterocycles. The van der Waals surface area contributed by atoms with Crippen LogP contribution in [0.4, 0.5) is 5.95 Å². The number of hydrogen-bond acceptors (Lipinski definition) is 5. The third-order valence-electron chi connectivity index (χ3n) is 2.65. The zero-order chi connectivity index (χ0) is 12.1. The second-order valence-corrected chi connectivity index (χ2v) is 3.75. The van der Waals surface area contributed by atoms with Gasteiger partial charge < -0.3 is 22.0 Å². The van der Waals surface area contributed by atoms with Crippen LogP contribution in [0.3, 0.4) is 0 Å². The summed E-state index contributed by atoms with van der Waals surface area (Å²) in [5.41, 5.74) is 0. The van der Waals surface area contributed by atoms with E-state index in [9.17, 15) is 0 Å². The minimum Gasteiger partial charge on any atom is -1.00 e. The zero-order valence-electron chi connectivity index (χ0n) is 10.0. The number of aromatic nitrogens is 3. The minimum absolute atomic E-state index is 0. The molecular formula is C11H15ClN5O-. The van der Waals surface area contributed by atoms with E-state index in [1.807, 2.05) is 4.57 Å². The van der Waals surface area contributed by atoms with E-state index in [4.69, 9.17) is 10.00 Å². The molecule has 7 heteroatoms. The van der Waals surface area contributed by atoms with Crippen LogP contribution in [0.5, 0.6) is 0 Å². The van der Waals surface area contributed by atoms with Crippen LogP contribution in [0.15, 0.2) is 12.7 Å². The summed E-state index contributed by atoms with van der Waals surface area (Å²) in [6.07, 6.45) is 2.05. The molecule has 0 N–H and O–H groups in total. The van der Waals surface area contributed by atoms with Crippen molar-refractivity contribution in [2.75, 3.05) is 31.2 Å². The fourth-order valence-corrected chi connectivity index (χ4v) is 1.84. The Balaban J connectivity index is 0.00000162. The second kappa shape index (κ2) is 6.99. The normalized spacial score (nSPS) is 14.7. The number of nitriles is 1. The molecule has 0 aromatic carbocycles. The molecule has 0 bridgehead atoms. The van der Waals surface area contributed by atoms with Gasteiger partial charge in [0.25, 0.3) is 0 Å². The average Bonchev–Trinajstić information content (AvgIpc) is 2.75. The maximum Gasteiger partial charge on any atom is 0.227 e. The Labute approximate surface area is 112 Å². The topological polar surface area (TPSA) is 67.0 Å². The standard InChI is InChI=1S/C11H15N5O.ClH/c1-2-5-16-10(3-4-12)13-14-11(16)15-6-8-17-9-7-15;/h2H,1,3,5-9H2;1H/p-1. The number of rotatable bonds is 4. The predicted octanol–water partition coefficient (Wildman–Crippen LogP) is -2.63. The Bertz CT molecular complexity index is 433. The van der Waals surface area contributed by atoms with E-state index >= 15 is 0 Å². The minimum atomic E-state index is 0. The van der Waals surface area contributed by atoms with Crippen LogP contribution in [0, 0.1) is 11.3 Å². The van der Waals surface area contributed by atoms with E-state index in [1.165, 1.54) is 0 Å². The molecule has 1 aromatic rings. The van der Waals surface area contributed by atoms with Crippen molar-refractivity contribution >= 4 is 5.95 Å². The van der Waals surface area contributed by atoms with Crippen molar-refractivity contribution in [1.82, 2.24) is 14.8 Å². The van der Waals surface area contributed by atoms with Gasteiger partial charge >= 0.3 is 0 Å². The molecule has 6 nitrogen and oxygen atoms in total. The molecular weight excluding hydrogens is 254 g/mol. The van der Waals surface area contributed by atoms with Crippen molar-refractivity contribution < 1.29 is 17.1 Å². The third-order valence-corrected chi connectivity index (χ3v) is 2.65. The second-order valence-electron chi connectivity index (χ2n) is 3.75. The summed E-state index contributed by atoms with van der Waals surface area (Å²) in [6.45, 7) is 7.36. The highest BCUT2D eigenvalue weighted by Gasteiger charge is 2.19. The van der Waals surface area contributed by atoms with Crippen LogP contribution < -0.4 is 17.3 Å². The van der Waals surface area contributed by atoms with Crippen LogP contribution in [-0.2, 0) is 17.7 Å². The van der Waals surface area contributed by atoms with Crippen molar-refractivity contribution in [2.24, 2.45) is 0 Å². The van der Waals surface area contributed by atoms with E-state index < -0.39 is 0 Å². The zero-order valence-corrected chi connectivity index (χ0v) is 10.8. The van der Waals surface area contributed by atoms with Crippen molar-refractivity contribution in [2.45, 2.75) is 13.0 Å². The van der Waals surface area contributed by atoms with Crippen molar-refractivity contribution in [3.63, 3.8) is 0 Å². The van der Waals surface area contributed by atoms with Crippen LogP contribution in [0.2, 0.25) is 0 Å². The Morgan fingerprint density at radius 1 is 1.39 bits per heavy atom. The Morgan fingerprint density at radius 2 is 2.11 bits per heavy atom. The molecule has 1 fully saturated rings. The highest BCUT2D eigenvalue weighted by atomic mass is 35.5. The van der Waals surface area contributed by atoms with Gasteiger partial charge in [0.05, 0.1) is 25.7 Å². The van der Waals surface area contributed by atoms with Gasteiger partial charge in [-0.2, -0.15) is 5.26 Å². The molecule has 0 radical (unpaired) electrons. The Hall–Kier alpha value is -1.58. The van der Waals surface area contributed by atoms with Gasteiger partial charge in [-0.05, 0) is 0 Å². The number of anilines is 1. The molecule has 1 aliphatic rings. The Kier molecular flexibility index (Phi) is 5.62. The summed E-state index contributed by atoms with van der Waals surface area (Å²) in [7, 11) is 0. The maximum absolute atomic E-state index is 8.74. The molecule has 18 heavy (non-hydrogen) atoms. The van der Waals surface area contributed by atoms with Gasteiger partial charge in [-0.25, -0.2) is 0 Å². The highest BCUT2D eigenvalue weighted by Crippen LogP contribution is 2.15. The van der Waals surface area contributed by atoms with E-state index in [0.717, 1.165) is 19.0 Å². The molecule has 0 spiro atoms. The summed E-state index contributed by atoms with van der Waals surface area (Å²) in [5.74, 6) is 1.49. The lowest BCUT2D eigenvalue weighted by molar-refractivity contribution is -0.00000467. The number of halogens is 1. The number of ether oxygens (including phenoxy) is 1. The van der Waals surface area contributed by atoms with Gasteiger partial charge in [-0.1, -0.05) is 6.08 Å². The summed E-state index contributed by atoms with van der Waals surface area (Å²) in [6, 6.07) is 2.10. The molecule has 1 aromatic heterocycles. The SMILES string of the molecule is C=CCn1c(CC#N)nnc1N1CCOCC1.[Cl-]. The number of allylic oxidation sites excluding steroid dienone is 1. The molecule has 2 rings (SSSR count). The largest absolute Gasteiger partial charge is 1.00 e. The van der Waals surface area contributed by atoms with E-state index in [0.29, 0.717) is 25.6 Å². The van der Waals surface area contributed by atoms with Crippen LogP contribution in [0.25, 0.3) is 0 Å². The lowest BCUT2D eigenvalue weighted by Gasteiger charge is -2.27. The smallest absolute Gasteiger partial charge is 0.227 e. The summed E-state index contributed by atoms with van der Waals surface area (Å²) < 4.78 is 7.24. The van der Waals surface area contributed by atoms with Crippen LogP contribution >= 0.6 is 0 Å². The van der Waals surface area contributed by atoms with Crippen LogP contribution in [0.1, 0.15) is 5.82 Å². The van der Waals surface area contributed by atoms with Crippen LogP contribution in [-0.4, -0.2) is 41.1 Å². The first-order valence-corrected chi connectivity index (χ1v) is 5.59. The molecule has 0 aliphatic carbocycles. The molecule has 98 valence electrons. The quantitative estimate of drug-likeness (QED) is 0.559. The molecule has 1 saturated heterocycles. The van der Waals surface area contributed by atoms with Crippen molar-refractivity contribution in [3.05, 3.63) is 18.5 Å². The number of morpholine rings is 1. The molecule has 0 amide bonds. The highest BCUT2D eigenvalue weighted by molar-refractivity contribution is 5.32. The molecule has 0 unspecified atom stereocenters. The fourth-order valence-electron chi connectivity index (χ4n) is 1.84. The van der Waals surface area contributed by atoms with Gasteiger partial charge in [0.1, 0.15) is 5.82 Å². The lowest BCUT2D eigenvalue weighted by atomic mass is 10.4. The fraction of sp³-hybridized carbons (Fsp3) is 0.545. The lowest BCUT2D eigenvalue weighted by Crippen LogP contribution is -3.00.